The number of aromatic nitrogens is 2. The summed E-state index contributed by atoms with van der Waals surface area (Å²) in [4.78, 5) is 17.2. The van der Waals surface area contributed by atoms with Gasteiger partial charge in [0.2, 0.25) is 0 Å². The number of nitrogens with one attached hydrogen (secondary N) is 1. The summed E-state index contributed by atoms with van der Waals surface area (Å²) in [5, 5.41) is 3.54. The van der Waals surface area contributed by atoms with Gasteiger partial charge in [-0.05, 0) is 61.0 Å². The Balaban J connectivity index is 1.51. The number of fused-ring (bicyclic) bond motifs is 1. The number of hydrogen-bond donors (Lipinski definition) is 1. The highest BCUT2D eigenvalue weighted by Crippen LogP contribution is 2.22. The van der Waals surface area contributed by atoms with Crippen LogP contribution in [0.1, 0.15) is 24.4 Å². The highest BCUT2D eigenvalue weighted by atomic mass is 35.5. The average molecular weight is 438 g/mol. The zero-order valence-electron chi connectivity index (χ0n) is 16.9. The van der Waals surface area contributed by atoms with Crippen molar-refractivity contribution in [3.05, 3.63) is 95.0 Å². The molecule has 3 aromatic carbocycles. The minimum absolute atomic E-state index is 0.121. The minimum Gasteiger partial charge on any atom is -0.484 e. The highest BCUT2D eigenvalue weighted by molar-refractivity contribution is 6.30. The maximum Gasteiger partial charge on any atom is 0.258 e. The van der Waals surface area contributed by atoms with Gasteiger partial charge in [-0.15, -0.1) is 0 Å². The number of carbonyl (C=O) groups excluding carboxylic acids is 1. The lowest BCUT2D eigenvalue weighted by Gasteiger charge is -2.17. The Bertz CT molecular complexity index is 1190. The Morgan fingerprint density at radius 3 is 2.55 bits per heavy atom. The third-order valence-corrected chi connectivity index (χ3v) is 5.14. The number of halogens is 2. The maximum atomic E-state index is 13.3. The molecule has 0 bridgehead atoms. The summed E-state index contributed by atoms with van der Waals surface area (Å²) in [5.41, 5.74) is 2.72. The molecule has 0 radical (unpaired) electrons. The van der Waals surface area contributed by atoms with Gasteiger partial charge in [-0.25, -0.2) is 9.37 Å². The molecule has 1 unspecified atom stereocenters. The molecule has 0 aliphatic rings. The van der Waals surface area contributed by atoms with Gasteiger partial charge >= 0.3 is 0 Å². The molecular weight excluding hydrogens is 417 g/mol. The number of ether oxygens (including phenoxy) is 1. The smallest absolute Gasteiger partial charge is 0.258 e. The Labute approximate surface area is 184 Å². The van der Waals surface area contributed by atoms with E-state index in [1.165, 1.54) is 12.1 Å². The quantitative estimate of drug-likeness (QED) is 0.436. The van der Waals surface area contributed by atoms with E-state index in [1.54, 1.807) is 36.4 Å². The number of amides is 1. The number of nitrogens with zero attached hydrogens (tertiary/aromatic N) is 2. The fraction of sp³-hybridized carbons (Fsp3) is 0.167. The molecule has 1 atom stereocenters. The number of hydrogen-bond acceptors (Lipinski definition) is 3. The van der Waals surface area contributed by atoms with E-state index in [0.29, 0.717) is 23.1 Å². The van der Waals surface area contributed by atoms with Gasteiger partial charge in [0.25, 0.3) is 5.91 Å². The van der Waals surface area contributed by atoms with Gasteiger partial charge in [-0.2, -0.15) is 0 Å². The molecule has 7 heteroatoms. The van der Waals surface area contributed by atoms with Gasteiger partial charge in [0.15, 0.2) is 6.61 Å². The van der Waals surface area contributed by atoms with Crippen LogP contribution in [0.2, 0.25) is 5.02 Å². The summed E-state index contributed by atoms with van der Waals surface area (Å²) < 4.78 is 20.9. The molecule has 0 spiro atoms. The Morgan fingerprint density at radius 1 is 1.10 bits per heavy atom. The van der Waals surface area contributed by atoms with Gasteiger partial charge in [-0.1, -0.05) is 35.9 Å². The molecule has 1 amide bonds. The van der Waals surface area contributed by atoms with Crippen LogP contribution >= 0.6 is 11.6 Å². The molecule has 158 valence electrons. The zero-order chi connectivity index (χ0) is 21.8. The van der Waals surface area contributed by atoms with Crippen molar-refractivity contribution in [2.24, 2.45) is 0 Å². The van der Waals surface area contributed by atoms with Crippen molar-refractivity contribution in [1.29, 1.82) is 0 Å². The van der Waals surface area contributed by atoms with Gasteiger partial charge in [0.1, 0.15) is 17.4 Å². The van der Waals surface area contributed by atoms with E-state index in [0.717, 1.165) is 16.6 Å². The van der Waals surface area contributed by atoms with Crippen molar-refractivity contribution in [1.82, 2.24) is 14.9 Å². The SMILES string of the molecule is CC(NC(=O)COc1ccc(Cl)cc1)c1nc2ccccc2n1Cc1ccc(F)cc1. The lowest BCUT2D eigenvalue weighted by Crippen LogP contribution is -2.32. The predicted octanol–water partition coefficient (Wildman–Crippen LogP) is 5.13. The van der Waals surface area contributed by atoms with E-state index in [-0.39, 0.29) is 24.4 Å². The van der Waals surface area contributed by atoms with Crippen molar-refractivity contribution >= 4 is 28.5 Å². The van der Waals surface area contributed by atoms with Gasteiger partial charge in [0, 0.05) is 11.6 Å². The first-order chi connectivity index (χ1) is 15.0. The number of para-hydroxylation sites is 2. The minimum atomic E-state index is -0.353. The third kappa shape index (κ3) is 5.03. The van der Waals surface area contributed by atoms with Crippen LogP contribution in [0.15, 0.2) is 72.8 Å². The fourth-order valence-electron chi connectivity index (χ4n) is 3.39. The molecular formula is C24H21ClFN3O2. The third-order valence-electron chi connectivity index (χ3n) is 4.89. The molecule has 4 aromatic rings. The number of imidazole rings is 1. The lowest BCUT2D eigenvalue weighted by molar-refractivity contribution is -0.123. The van der Waals surface area contributed by atoms with E-state index >= 15 is 0 Å². The van der Waals surface area contributed by atoms with E-state index in [2.05, 4.69) is 5.32 Å². The van der Waals surface area contributed by atoms with Crippen molar-refractivity contribution in [3.63, 3.8) is 0 Å². The molecule has 0 saturated carbocycles. The second-order valence-electron chi connectivity index (χ2n) is 7.20. The summed E-state index contributed by atoms with van der Waals surface area (Å²) in [6.45, 7) is 2.27. The monoisotopic (exact) mass is 437 g/mol. The first-order valence-electron chi connectivity index (χ1n) is 9.87. The molecule has 31 heavy (non-hydrogen) atoms. The van der Waals surface area contributed by atoms with Crippen LogP contribution in [0.3, 0.4) is 0 Å². The molecule has 1 aromatic heterocycles. The predicted molar refractivity (Wildman–Crippen MR) is 119 cm³/mol. The molecule has 0 saturated heterocycles. The second kappa shape index (κ2) is 9.18. The van der Waals surface area contributed by atoms with E-state index in [1.807, 2.05) is 35.8 Å². The largest absolute Gasteiger partial charge is 0.484 e. The summed E-state index contributed by atoms with van der Waals surface area (Å²) in [6.07, 6.45) is 0. The van der Waals surface area contributed by atoms with Gasteiger partial charge in [0.05, 0.1) is 17.1 Å². The Kier molecular flexibility index (Phi) is 6.18. The highest BCUT2D eigenvalue weighted by Gasteiger charge is 2.19. The van der Waals surface area contributed by atoms with Crippen LogP contribution in [0.25, 0.3) is 11.0 Å². The fourth-order valence-corrected chi connectivity index (χ4v) is 3.52. The standard InChI is InChI=1S/C24H21ClFN3O2/c1-16(27-23(30)15-31-20-12-8-18(25)9-13-20)24-28-21-4-2-3-5-22(21)29(24)14-17-6-10-19(26)11-7-17/h2-13,16H,14-15H2,1H3,(H,27,30). The lowest BCUT2D eigenvalue weighted by atomic mass is 10.2. The zero-order valence-corrected chi connectivity index (χ0v) is 17.6. The van der Waals surface area contributed by atoms with Crippen molar-refractivity contribution < 1.29 is 13.9 Å². The molecule has 0 aliphatic carbocycles. The van der Waals surface area contributed by atoms with Crippen LogP contribution in [-0.2, 0) is 11.3 Å². The van der Waals surface area contributed by atoms with Crippen molar-refractivity contribution in [2.75, 3.05) is 6.61 Å². The first-order valence-corrected chi connectivity index (χ1v) is 10.2. The van der Waals surface area contributed by atoms with Crippen LogP contribution < -0.4 is 10.1 Å². The molecule has 4 rings (SSSR count). The summed E-state index contributed by atoms with van der Waals surface area (Å²) >= 11 is 5.86. The van der Waals surface area contributed by atoms with E-state index < -0.39 is 0 Å². The van der Waals surface area contributed by atoms with E-state index in [9.17, 15) is 9.18 Å². The number of carbonyl (C=O) groups is 1. The van der Waals surface area contributed by atoms with E-state index in [4.69, 9.17) is 21.3 Å². The molecule has 1 N–H and O–H groups in total. The average Bonchev–Trinajstić information content (AvgIpc) is 3.13. The summed E-state index contributed by atoms with van der Waals surface area (Å²) in [6, 6.07) is 20.6. The first kappa shape index (κ1) is 20.9. The molecule has 0 aliphatic heterocycles. The van der Waals surface area contributed by atoms with Crippen LogP contribution in [-0.4, -0.2) is 22.1 Å². The normalized spacial score (nSPS) is 12.0. The number of rotatable bonds is 7. The van der Waals surface area contributed by atoms with Gasteiger partial charge in [-0.3, -0.25) is 4.79 Å². The van der Waals surface area contributed by atoms with Crippen LogP contribution in [0, 0.1) is 5.82 Å². The maximum absolute atomic E-state index is 13.3. The number of benzene rings is 3. The van der Waals surface area contributed by atoms with Crippen LogP contribution in [0.5, 0.6) is 5.75 Å². The molecule has 0 fully saturated rings. The second-order valence-corrected chi connectivity index (χ2v) is 7.64. The topological polar surface area (TPSA) is 56.1 Å². The Morgan fingerprint density at radius 2 is 1.81 bits per heavy atom. The summed E-state index contributed by atoms with van der Waals surface area (Å²) in [5.74, 6) is 0.740. The summed E-state index contributed by atoms with van der Waals surface area (Å²) in [7, 11) is 0. The van der Waals surface area contributed by atoms with Crippen LogP contribution in [0.4, 0.5) is 4.39 Å². The Hall–Kier alpha value is -3.38. The van der Waals surface area contributed by atoms with Crippen molar-refractivity contribution in [3.8, 4) is 5.75 Å². The molecule has 1 heterocycles. The van der Waals surface area contributed by atoms with Gasteiger partial charge < -0.3 is 14.6 Å². The van der Waals surface area contributed by atoms with Crippen molar-refractivity contribution in [2.45, 2.75) is 19.5 Å². The molecule has 5 nitrogen and oxygen atoms in total.